The Morgan fingerprint density at radius 3 is 2.55 bits per heavy atom. The number of aromatic nitrogens is 4. The first-order valence-electron chi connectivity index (χ1n) is 10.7. The number of rotatable bonds is 7. The minimum Gasteiger partial charge on any atom is -0.338 e. The quantitative estimate of drug-likeness (QED) is 0.497. The molecule has 1 aromatic carbocycles. The van der Waals surface area contributed by atoms with Crippen LogP contribution >= 0.6 is 34.7 Å². The van der Waals surface area contributed by atoms with Crippen molar-refractivity contribution in [3.8, 4) is 0 Å². The summed E-state index contributed by atoms with van der Waals surface area (Å²) in [5.41, 5.74) is 0.799. The molecular formula is C21H23ClN8OS2. The van der Waals surface area contributed by atoms with Gasteiger partial charge in [0.1, 0.15) is 4.34 Å². The first-order chi connectivity index (χ1) is 16.0. The lowest BCUT2D eigenvalue weighted by molar-refractivity contribution is -0.117. The van der Waals surface area contributed by atoms with Crippen LogP contribution in [0.15, 0.2) is 40.5 Å². The molecule has 3 aromatic rings. The van der Waals surface area contributed by atoms with Crippen molar-refractivity contribution < 1.29 is 4.79 Å². The number of thiazole rings is 1. The molecule has 9 nitrogen and oxygen atoms in total. The van der Waals surface area contributed by atoms with E-state index in [0.29, 0.717) is 26.5 Å². The molecule has 172 valence electrons. The molecule has 1 saturated heterocycles. The number of piperazine rings is 1. The summed E-state index contributed by atoms with van der Waals surface area (Å²) in [5, 5.41) is 7.32. The molecule has 1 amide bonds. The summed E-state index contributed by atoms with van der Waals surface area (Å²) in [6.45, 7) is 3.60. The van der Waals surface area contributed by atoms with Crippen molar-refractivity contribution in [2.45, 2.75) is 22.9 Å². The van der Waals surface area contributed by atoms with Gasteiger partial charge in [-0.2, -0.15) is 15.0 Å². The summed E-state index contributed by atoms with van der Waals surface area (Å²) < 4.78 is 0.592. The number of carbonyl (C=O) groups excluding carboxylic acids is 1. The first kappa shape index (κ1) is 22.3. The van der Waals surface area contributed by atoms with Gasteiger partial charge in [-0.25, -0.2) is 4.98 Å². The van der Waals surface area contributed by atoms with E-state index in [-0.39, 0.29) is 11.8 Å². The Morgan fingerprint density at radius 2 is 1.88 bits per heavy atom. The van der Waals surface area contributed by atoms with Gasteiger partial charge in [0.25, 0.3) is 0 Å². The number of halogens is 1. The fourth-order valence-corrected chi connectivity index (χ4v) is 4.85. The average Bonchev–Trinajstić information content (AvgIpc) is 3.58. The Kier molecular flexibility index (Phi) is 6.63. The van der Waals surface area contributed by atoms with Crippen LogP contribution < -0.4 is 15.5 Å². The second-order valence-corrected chi connectivity index (χ2v) is 10.7. The Balaban J connectivity index is 1.35. The standard InChI is InChI=1S/C21H23ClN8OS2/c1-29-8-10-30(11-9-29)19-25-18(26-20-23-12-16(22)33-20)27-21(28-19)32-15-6-4-14(5-7-15)24-17(31)13-2-3-13/h4-7,12-13H,2-3,8-11H2,1H3,(H,24,31)(H,23,25,26,27,28). The Morgan fingerprint density at radius 1 is 1.12 bits per heavy atom. The maximum absolute atomic E-state index is 12.0. The number of nitrogens with one attached hydrogen (secondary N) is 2. The minimum absolute atomic E-state index is 0.0997. The Bertz CT molecular complexity index is 1130. The van der Waals surface area contributed by atoms with Crippen LogP contribution in [0.2, 0.25) is 4.34 Å². The van der Waals surface area contributed by atoms with Gasteiger partial charge in [0, 0.05) is 42.7 Å². The number of hydrogen-bond acceptors (Lipinski definition) is 10. The molecule has 1 saturated carbocycles. The van der Waals surface area contributed by atoms with Gasteiger partial charge in [-0.15, -0.1) is 0 Å². The lowest BCUT2D eigenvalue weighted by Crippen LogP contribution is -2.45. The highest BCUT2D eigenvalue weighted by Gasteiger charge is 2.29. The van der Waals surface area contributed by atoms with Crippen LogP contribution in [-0.4, -0.2) is 64.0 Å². The van der Waals surface area contributed by atoms with Crippen molar-refractivity contribution in [2.75, 3.05) is 48.8 Å². The molecule has 3 heterocycles. The largest absolute Gasteiger partial charge is 0.338 e. The van der Waals surface area contributed by atoms with E-state index in [4.69, 9.17) is 16.6 Å². The van der Waals surface area contributed by atoms with Crippen LogP contribution in [0.4, 0.5) is 22.7 Å². The van der Waals surface area contributed by atoms with Gasteiger partial charge in [0.15, 0.2) is 10.3 Å². The van der Waals surface area contributed by atoms with Crippen LogP contribution in [0.1, 0.15) is 12.8 Å². The SMILES string of the molecule is CN1CCN(c2nc(Nc3ncc(Cl)s3)nc(Sc3ccc(NC(=O)C4CC4)cc3)n2)CC1. The lowest BCUT2D eigenvalue weighted by Gasteiger charge is -2.32. The average molecular weight is 503 g/mol. The number of likely N-dealkylation sites (N-methyl/N-ethyl adjacent to an activating group) is 1. The van der Waals surface area contributed by atoms with E-state index in [1.54, 1.807) is 6.20 Å². The van der Waals surface area contributed by atoms with Crippen molar-refractivity contribution in [1.29, 1.82) is 0 Å². The number of anilines is 4. The van der Waals surface area contributed by atoms with Gasteiger partial charge in [-0.1, -0.05) is 22.9 Å². The molecule has 1 aliphatic heterocycles. The second-order valence-electron chi connectivity index (χ2n) is 8.02. The minimum atomic E-state index is 0.0997. The summed E-state index contributed by atoms with van der Waals surface area (Å²) in [5.74, 6) is 1.35. The van der Waals surface area contributed by atoms with E-state index in [9.17, 15) is 4.79 Å². The maximum atomic E-state index is 12.0. The molecular weight excluding hydrogens is 480 g/mol. The van der Waals surface area contributed by atoms with Crippen LogP contribution in [0.25, 0.3) is 0 Å². The topological polar surface area (TPSA) is 99.2 Å². The van der Waals surface area contributed by atoms with Gasteiger partial charge >= 0.3 is 0 Å². The summed E-state index contributed by atoms with van der Waals surface area (Å²) in [6, 6.07) is 7.73. The molecule has 2 N–H and O–H groups in total. The zero-order chi connectivity index (χ0) is 22.8. The predicted molar refractivity (Wildman–Crippen MR) is 132 cm³/mol. The monoisotopic (exact) mass is 502 g/mol. The first-order valence-corrected chi connectivity index (χ1v) is 12.7. The lowest BCUT2D eigenvalue weighted by atomic mass is 10.3. The molecule has 5 rings (SSSR count). The Labute approximate surface area is 205 Å². The number of amides is 1. The van der Waals surface area contributed by atoms with Crippen molar-refractivity contribution in [1.82, 2.24) is 24.8 Å². The van der Waals surface area contributed by atoms with E-state index >= 15 is 0 Å². The molecule has 2 aromatic heterocycles. The fourth-order valence-electron chi connectivity index (χ4n) is 3.30. The number of carbonyl (C=O) groups is 1. The molecule has 33 heavy (non-hydrogen) atoms. The smallest absolute Gasteiger partial charge is 0.234 e. The molecule has 0 unspecified atom stereocenters. The zero-order valence-electron chi connectivity index (χ0n) is 18.0. The molecule has 0 spiro atoms. The van der Waals surface area contributed by atoms with Gasteiger partial charge in [-0.3, -0.25) is 10.1 Å². The fraction of sp³-hybridized carbons (Fsp3) is 0.381. The van der Waals surface area contributed by atoms with Crippen LogP contribution in [-0.2, 0) is 4.79 Å². The summed E-state index contributed by atoms with van der Waals surface area (Å²) in [4.78, 5) is 35.6. The highest BCUT2D eigenvalue weighted by molar-refractivity contribution is 7.99. The van der Waals surface area contributed by atoms with Crippen LogP contribution in [0, 0.1) is 5.92 Å². The molecule has 1 aliphatic carbocycles. The Hall–Kier alpha value is -2.47. The number of benzene rings is 1. The third-order valence-corrected chi connectivity index (χ3v) is 7.27. The molecule has 2 aliphatic rings. The zero-order valence-corrected chi connectivity index (χ0v) is 20.4. The van der Waals surface area contributed by atoms with E-state index < -0.39 is 0 Å². The van der Waals surface area contributed by atoms with Gasteiger partial charge in [0.05, 0.1) is 6.20 Å². The molecule has 0 atom stereocenters. The predicted octanol–water partition coefficient (Wildman–Crippen LogP) is 3.98. The van der Waals surface area contributed by atoms with E-state index in [2.05, 4.69) is 42.4 Å². The number of nitrogens with zero attached hydrogens (tertiary/aromatic N) is 6. The third-order valence-electron chi connectivity index (χ3n) is 5.36. The van der Waals surface area contributed by atoms with E-state index in [1.807, 2.05) is 24.3 Å². The van der Waals surface area contributed by atoms with Crippen molar-refractivity contribution in [3.63, 3.8) is 0 Å². The highest BCUT2D eigenvalue weighted by Crippen LogP contribution is 2.32. The highest BCUT2D eigenvalue weighted by atomic mass is 35.5. The third kappa shape index (κ3) is 5.91. The summed E-state index contributed by atoms with van der Waals surface area (Å²) >= 11 is 8.79. The number of hydrogen-bond donors (Lipinski definition) is 2. The van der Waals surface area contributed by atoms with Gasteiger partial charge < -0.3 is 15.1 Å². The van der Waals surface area contributed by atoms with E-state index in [1.165, 1.54) is 23.1 Å². The molecule has 2 fully saturated rings. The van der Waals surface area contributed by atoms with Crippen LogP contribution in [0.5, 0.6) is 0 Å². The van der Waals surface area contributed by atoms with Crippen molar-refractivity contribution >= 4 is 63.3 Å². The van der Waals surface area contributed by atoms with Crippen molar-refractivity contribution in [3.05, 3.63) is 34.8 Å². The van der Waals surface area contributed by atoms with Gasteiger partial charge in [-0.05, 0) is 55.9 Å². The molecule has 0 bridgehead atoms. The van der Waals surface area contributed by atoms with Gasteiger partial charge in [0.2, 0.25) is 17.8 Å². The molecule has 0 radical (unpaired) electrons. The van der Waals surface area contributed by atoms with Crippen LogP contribution in [0.3, 0.4) is 0 Å². The van der Waals surface area contributed by atoms with E-state index in [0.717, 1.165) is 49.6 Å². The van der Waals surface area contributed by atoms with Crippen molar-refractivity contribution in [2.24, 2.45) is 5.92 Å². The normalized spacial score (nSPS) is 16.6. The summed E-state index contributed by atoms with van der Waals surface area (Å²) in [7, 11) is 2.11. The maximum Gasteiger partial charge on any atom is 0.234 e. The second kappa shape index (κ2) is 9.80. The molecule has 12 heteroatoms. The summed E-state index contributed by atoms with van der Waals surface area (Å²) in [6.07, 6.45) is 3.56.